The van der Waals surface area contributed by atoms with Gasteiger partial charge in [0.25, 0.3) is 0 Å². The minimum Gasteiger partial charge on any atom is -0.370 e. The summed E-state index contributed by atoms with van der Waals surface area (Å²) in [5, 5.41) is 3.09. The Kier molecular flexibility index (Phi) is 7.65. The van der Waals surface area contributed by atoms with Gasteiger partial charge in [-0.3, -0.25) is 4.99 Å². The van der Waals surface area contributed by atoms with E-state index in [2.05, 4.69) is 22.1 Å². The van der Waals surface area contributed by atoms with Crippen LogP contribution in [0.2, 0.25) is 0 Å². The monoisotopic (exact) mass is 280 g/mol. The van der Waals surface area contributed by atoms with E-state index in [1.54, 1.807) is 12.1 Å². The van der Waals surface area contributed by atoms with Gasteiger partial charge in [0.15, 0.2) is 5.96 Å². The van der Waals surface area contributed by atoms with Crippen LogP contribution in [0.15, 0.2) is 29.3 Å². The van der Waals surface area contributed by atoms with Gasteiger partial charge in [0.05, 0.1) is 0 Å². The lowest BCUT2D eigenvalue weighted by molar-refractivity contribution is 0.331. The SMILES string of the molecule is CCCCN=C(N)NCCN(C)Cc1ccc(F)cc1. The van der Waals surface area contributed by atoms with Crippen LogP contribution in [0, 0.1) is 5.82 Å². The first kappa shape index (κ1) is 16.4. The van der Waals surface area contributed by atoms with Crippen LogP contribution in [0.3, 0.4) is 0 Å². The molecule has 0 amide bonds. The summed E-state index contributed by atoms with van der Waals surface area (Å²) in [6.07, 6.45) is 2.18. The van der Waals surface area contributed by atoms with Gasteiger partial charge in [-0.05, 0) is 31.2 Å². The molecule has 0 saturated carbocycles. The van der Waals surface area contributed by atoms with Crippen LogP contribution < -0.4 is 11.1 Å². The molecule has 0 atom stereocenters. The number of guanidine groups is 1. The summed E-state index contributed by atoms with van der Waals surface area (Å²) in [5.41, 5.74) is 6.84. The summed E-state index contributed by atoms with van der Waals surface area (Å²) in [7, 11) is 2.02. The highest BCUT2D eigenvalue weighted by atomic mass is 19.1. The van der Waals surface area contributed by atoms with Gasteiger partial charge in [-0.1, -0.05) is 25.5 Å². The number of rotatable bonds is 8. The van der Waals surface area contributed by atoms with Crippen LogP contribution in [0.4, 0.5) is 4.39 Å². The molecule has 0 aromatic heterocycles. The fraction of sp³-hybridized carbons (Fsp3) is 0.533. The van der Waals surface area contributed by atoms with Crippen molar-refractivity contribution in [2.45, 2.75) is 26.3 Å². The Labute approximate surface area is 120 Å². The molecule has 0 heterocycles. The number of likely N-dealkylation sites (N-methyl/N-ethyl adjacent to an activating group) is 1. The summed E-state index contributed by atoms with van der Waals surface area (Å²) in [4.78, 5) is 6.38. The largest absolute Gasteiger partial charge is 0.370 e. The number of nitrogens with two attached hydrogens (primary N) is 1. The summed E-state index contributed by atoms with van der Waals surface area (Å²) in [6.45, 7) is 5.29. The van der Waals surface area contributed by atoms with Gasteiger partial charge in [0.2, 0.25) is 0 Å². The molecule has 112 valence electrons. The number of nitrogens with one attached hydrogen (secondary N) is 1. The van der Waals surface area contributed by atoms with Crippen molar-refractivity contribution >= 4 is 5.96 Å². The van der Waals surface area contributed by atoms with E-state index in [9.17, 15) is 4.39 Å². The standard InChI is InChI=1S/C15H25FN4/c1-3-4-9-18-15(17)19-10-11-20(2)12-13-5-7-14(16)8-6-13/h5-8H,3-4,9-12H2,1-2H3,(H3,17,18,19). The second-order valence-electron chi connectivity index (χ2n) is 4.91. The Hall–Kier alpha value is -1.62. The second-order valence-corrected chi connectivity index (χ2v) is 4.91. The van der Waals surface area contributed by atoms with Gasteiger partial charge in [-0.25, -0.2) is 4.39 Å². The number of unbranched alkanes of at least 4 members (excludes halogenated alkanes) is 1. The Bertz CT molecular complexity index is 403. The molecular weight excluding hydrogens is 255 g/mol. The van der Waals surface area contributed by atoms with E-state index in [1.807, 2.05) is 7.05 Å². The smallest absolute Gasteiger partial charge is 0.188 e. The minimum absolute atomic E-state index is 0.200. The third-order valence-electron chi connectivity index (χ3n) is 2.96. The first-order chi connectivity index (χ1) is 9.61. The van der Waals surface area contributed by atoms with Gasteiger partial charge in [-0.15, -0.1) is 0 Å². The fourth-order valence-corrected chi connectivity index (χ4v) is 1.77. The quantitative estimate of drug-likeness (QED) is 0.435. The lowest BCUT2D eigenvalue weighted by Crippen LogP contribution is -2.37. The average Bonchev–Trinajstić information content (AvgIpc) is 2.42. The number of aliphatic imine (C=N–C) groups is 1. The molecule has 0 saturated heterocycles. The van der Waals surface area contributed by atoms with Crippen LogP contribution in [-0.2, 0) is 6.54 Å². The van der Waals surface area contributed by atoms with E-state index in [-0.39, 0.29) is 5.82 Å². The Morgan fingerprint density at radius 3 is 2.70 bits per heavy atom. The minimum atomic E-state index is -0.200. The van der Waals surface area contributed by atoms with Gasteiger partial charge in [0, 0.05) is 26.2 Å². The van der Waals surface area contributed by atoms with E-state index < -0.39 is 0 Å². The van der Waals surface area contributed by atoms with E-state index in [4.69, 9.17) is 5.73 Å². The first-order valence-corrected chi connectivity index (χ1v) is 7.08. The van der Waals surface area contributed by atoms with Gasteiger partial charge < -0.3 is 16.0 Å². The fourth-order valence-electron chi connectivity index (χ4n) is 1.77. The highest BCUT2D eigenvalue weighted by Crippen LogP contribution is 2.04. The van der Waals surface area contributed by atoms with Crippen molar-refractivity contribution < 1.29 is 4.39 Å². The van der Waals surface area contributed by atoms with Crippen molar-refractivity contribution in [3.8, 4) is 0 Å². The summed E-state index contributed by atoms with van der Waals surface area (Å²) in [5.74, 6) is 0.308. The molecule has 5 heteroatoms. The third-order valence-corrected chi connectivity index (χ3v) is 2.96. The van der Waals surface area contributed by atoms with Crippen molar-refractivity contribution in [2.24, 2.45) is 10.7 Å². The second kappa shape index (κ2) is 9.31. The number of hydrogen-bond donors (Lipinski definition) is 2. The lowest BCUT2D eigenvalue weighted by Gasteiger charge is -2.17. The zero-order valence-corrected chi connectivity index (χ0v) is 12.4. The van der Waals surface area contributed by atoms with Crippen LogP contribution in [-0.4, -0.2) is 37.5 Å². The Morgan fingerprint density at radius 2 is 2.05 bits per heavy atom. The molecule has 0 bridgehead atoms. The summed E-state index contributed by atoms with van der Waals surface area (Å²) >= 11 is 0. The van der Waals surface area contributed by atoms with Crippen molar-refractivity contribution in [1.29, 1.82) is 0 Å². The maximum Gasteiger partial charge on any atom is 0.188 e. The molecule has 20 heavy (non-hydrogen) atoms. The van der Waals surface area contributed by atoms with Crippen LogP contribution >= 0.6 is 0 Å². The molecule has 0 aliphatic carbocycles. The maximum atomic E-state index is 12.8. The van der Waals surface area contributed by atoms with Crippen molar-refractivity contribution in [3.05, 3.63) is 35.6 Å². The van der Waals surface area contributed by atoms with Crippen molar-refractivity contribution in [1.82, 2.24) is 10.2 Å². The maximum absolute atomic E-state index is 12.8. The molecule has 1 rings (SSSR count). The van der Waals surface area contributed by atoms with E-state index in [1.165, 1.54) is 12.1 Å². The molecule has 0 aliphatic rings. The molecule has 3 N–H and O–H groups in total. The molecule has 1 aromatic carbocycles. The highest BCUT2D eigenvalue weighted by molar-refractivity contribution is 5.77. The zero-order valence-electron chi connectivity index (χ0n) is 12.4. The molecule has 0 fully saturated rings. The molecular formula is C15H25FN4. The number of halogens is 1. The van der Waals surface area contributed by atoms with Gasteiger partial charge >= 0.3 is 0 Å². The summed E-state index contributed by atoms with van der Waals surface area (Å²) in [6, 6.07) is 6.58. The normalized spacial score (nSPS) is 11.9. The number of nitrogens with zero attached hydrogens (tertiary/aromatic N) is 2. The van der Waals surface area contributed by atoms with Crippen molar-refractivity contribution in [2.75, 3.05) is 26.7 Å². The Balaban J connectivity index is 2.21. The van der Waals surface area contributed by atoms with E-state index >= 15 is 0 Å². The van der Waals surface area contributed by atoms with Crippen molar-refractivity contribution in [3.63, 3.8) is 0 Å². The van der Waals surface area contributed by atoms with Crippen LogP contribution in [0.25, 0.3) is 0 Å². The summed E-state index contributed by atoms with van der Waals surface area (Å²) < 4.78 is 12.8. The molecule has 0 unspecified atom stereocenters. The first-order valence-electron chi connectivity index (χ1n) is 7.08. The number of hydrogen-bond acceptors (Lipinski definition) is 2. The van der Waals surface area contributed by atoms with Gasteiger partial charge in [-0.2, -0.15) is 0 Å². The molecule has 4 nitrogen and oxygen atoms in total. The highest BCUT2D eigenvalue weighted by Gasteiger charge is 2.01. The van der Waals surface area contributed by atoms with E-state index in [0.29, 0.717) is 5.96 Å². The molecule has 0 spiro atoms. The third kappa shape index (κ3) is 7.09. The van der Waals surface area contributed by atoms with Crippen LogP contribution in [0.5, 0.6) is 0 Å². The topological polar surface area (TPSA) is 53.6 Å². The predicted octanol–water partition coefficient (Wildman–Crippen LogP) is 1.96. The molecule has 0 radical (unpaired) electrons. The molecule has 0 aliphatic heterocycles. The lowest BCUT2D eigenvalue weighted by atomic mass is 10.2. The van der Waals surface area contributed by atoms with E-state index in [0.717, 1.165) is 44.6 Å². The predicted molar refractivity (Wildman–Crippen MR) is 82.1 cm³/mol. The Morgan fingerprint density at radius 1 is 1.35 bits per heavy atom. The molecule has 1 aromatic rings. The zero-order chi connectivity index (χ0) is 14.8. The average molecular weight is 280 g/mol. The van der Waals surface area contributed by atoms with Crippen LogP contribution in [0.1, 0.15) is 25.3 Å². The van der Waals surface area contributed by atoms with Gasteiger partial charge in [0.1, 0.15) is 5.82 Å². The number of benzene rings is 1.